The molecular weight excluding hydrogens is 234 g/mol. The first-order valence-corrected chi connectivity index (χ1v) is 5.95. The van der Waals surface area contributed by atoms with Crippen molar-refractivity contribution in [3.63, 3.8) is 0 Å². The summed E-state index contributed by atoms with van der Waals surface area (Å²) in [6.07, 6.45) is 0.792. The number of hydrogen-bond donors (Lipinski definition) is 1. The molecule has 1 aromatic carbocycles. The monoisotopic (exact) mass is 249 g/mol. The van der Waals surface area contributed by atoms with Crippen molar-refractivity contribution >= 4 is 11.6 Å². The zero-order chi connectivity index (χ0) is 12.4. The fourth-order valence-corrected chi connectivity index (χ4v) is 2.10. The van der Waals surface area contributed by atoms with Gasteiger partial charge in [-0.25, -0.2) is 4.98 Å². The molecule has 0 aliphatic heterocycles. The van der Waals surface area contributed by atoms with Crippen LogP contribution in [0.5, 0.6) is 0 Å². The summed E-state index contributed by atoms with van der Waals surface area (Å²) in [5.41, 5.74) is 9.04. The molecule has 0 saturated carbocycles. The lowest BCUT2D eigenvalue weighted by molar-refractivity contribution is 0.774. The molecular formula is C13H16ClN3. The van der Waals surface area contributed by atoms with Crippen LogP contribution >= 0.6 is 11.6 Å². The standard InChI is InChI=1S/C13H16ClN3/c1-9-12(16-13(8-15)17(9)2)7-10-4-3-5-11(14)6-10/h3-6H,7-8,15H2,1-2H3. The second kappa shape index (κ2) is 4.90. The fourth-order valence-electron chi connectivity index (χ4n) is 1.89. The lowest BCUT2D eigenvalue weighted by atomic mass is 10.1. The Balaban J connectivity index is 2.30. The van der Waals surface area contributed by atoms with Gasteiger partial charge in [-0.1, -0.05) is 23.7 Å². The van der Waals surface area contributed by atoms with E-state index in [1.807, 2.05) is 29.8 Å². The number of rotatable bonds is 3. The molecule has 0 amide bonds. The smallest absolute Gasteiger partial charge is 0.122 e. The van der Waals surface area contributed by atoms with Crippen LogP contribution in [0.2, 0.25) is 5.02 Å². The molecule has 17 heavy (non-hydrogen) atoms. The molecule has 0 saturated heterocycles. The molecule has 0 fully saturated rings. The number of benzene rings is 1. The van der Waals surface area contributed by atoms with Crippen LogP contribution in [-0.4, -0.2) is 9.55 Å². The number of nitrogens with two attached hydrogens (primary N) is 1. The van der Waals surface area contributed by atoms with E-state index in [9.17, 15) is 0 Å². The van der Waals surface area contributed by atoms with E-state index < -0.39 is 0 Å². The summed E-state index contributed by atoms with van der Waals surface area (Å²) in [7, 11) is 1.99. The van der Waals surface area contributed by atoms with E-state index in [0.29, 0.717) is 6.54 Å². The third-order valence-corrected chi connectivity index (χ3v) is 3.25. The van der Waals surface area contributed by atoms with Gasteiger partial charge in [-0.3, -0.25) is 0 Å². The van der Waals surface area contributed by atoms with Crippen molar-refractivity contribution in [2.24, 2.45) is 12.8 Å². The van der Waals surface area contributed by atoms with Gasteiger partial charge in [0.2, 0.25) is 0 Å². The van der Waals surface area contributed by atoms with E-state index in [1.165, 1.54) is 5.56 Å². The topological polar surface area (TPSA) is 43.8 Å². The molecule has 1 aromatic heterocycles. The van der Waals surface area contributed by atoms with Crippen LogP contribution in [0.1, 0.15) is 22.8 Å². The summed E-state index contributed by atoms with van der Waals surface area (Å²) in [5, 5.41) is 0.759. The predicted molar refractivity (Wildman–Crippen MR) is 70.1 cm³/mol. The first-order valence-electron chi connectivity index (χ1n) is 5.57. The number of hydrogen-bond acceptors (Lipinski definition) is 2. The fraction of sp³-hybridized carbons (Fsp3) is 0.308. The quantitative estimate of drug-likeness (QED) is 0.908. The third kappa shape index (κ3) is 2.51. The summed E-state index contributed by atoms with van der Waals surface area (Å²) in [4.78, 5) is 4.55. The molecule has 0 radical (unpaired) electrons. The van der Waals surface area contributed by atoms with Crippen molar-refractivity contribution in [1.29, 1.82) is 0 Å². The summed E-state index contributed by atoms with van der Waals surface area (Å²) in [5.74, 6) is 0.916. The van der Waals surface area contributed by atoms with Gasteiger partial charge >= 0.3 is 0 Å². The van der Waals surface area contributed by atoms with E-state index >= 15 is 0 Å². The minimum Gasteiger partial charge on any atom is -0.334 e. The van der Waals surface area contributed by atoms with Crippen molar-refractivity contribution in [2.45, 2.75) is 19.9 Å². The molecule has 2 rings (SSSR count). The Kier molecular flexibility index (Phi) is 3.50. The highest BCUT2D eigenvalue weighted by atomic mass is 35.5. The molecule has 0 atom stereocenters. The normalized spacial score (nSPS) is 10.8. The highest BCUT2D eigenvalue weighted by Crippen LogP contribution is 2.17. The van der Waals surface area contributed by atoms with Crippen molar-refractivity contribution < 1.29 is 0 Å². The molecule has 3 nitrogen and oxygen atoms in total. The second-order valence-electron chi connectivity index (χ2n) is 4.13. The van der Waals surface area contributed by atoms with E-state index in [0.717, 1.165) is 28.7 Å². The minimum absolute atomic E-state index is 0.465. The van der Waals surface area contributed by atoms with Crippen LogP contribution in [0.4, 0.5) is 0 Å². The SMILES string of the molecule is Cc1c(Cc2cccc(Cl)c2)nc(CN)n1C. The van der Waals surface area contributed by atoms with Gasteiger partial charge < -0.3 is 10.3 Å². The van der Waals surface area contributed by atoms with Gasteiger partial charge in [0, 0.05) is 24.2 Å². The maximum Gasteiger partial charge on any atom is 0.122 e. The maximum absolute atomic E-state index is 5.97. The number of imidazole rings is 1. The minimum atomic E-state index is 0.465. The van der Waals surface area contributed by atoms with Gasteiger partial charge in [0.1, 0.15) is 5.82 Å². The summed E-state index contributed by atoms with van der Waals surface area (Å²) >= 11 is 5.97. The molecule has 0 aliphatic carbocycles. The van der Waals surface area contributed by atoms with Crippen molar-refractivity contribution in [1.82, 2.24) is 9.55 Å². The van der Waals surface area contributed by atoms with E-state index in [-0.39, 0.29) is 0 Å². The Morgan fingerprint density at radius 1 is 1.41 bits per heavy atom. The molecule has 2 aromatic rings. The molecule has 90 valence electrons. The van der Waals surface area contributed by atoms with Crippen molar-refractivity contribution in [3.8, 4) is 0 Å². The number of nitrogens with zero attached hydrogens (tertiary/aromatic N) is 2. The van der Waals surface area contributed by atoms with Crippen LogP contribution < -0.4 is 5.73 Å². The lowest BCUT2D eigenvalue weighted by Gasteiger charge is -2.01. The lowest BCUT2D eigenvalue weighted by Crippen LogP contribution is -2.05. The Morgan fingerprint density at radius 2 is 2.18 bits per heavy atom. The highest BCUT2D eigenvalue weighted by Gasteiger charge is 2.10. The van der Waals surface area contributed by atoms with E-state index in [4.69, 9.17) is 17.3 Å². The van der Waals surface area contributed by atoms with Crippen LogP contribution in [0, 0.1) is 6.92 Å². The molecule has 2 N–H and O–H groups in total. The van der Waals surface area contributed by atoms with Crippen LogP contribution in [-0.2, 0) is 20.0 Å². The van der Waals surface area contributed by atoms with Gasteiger partial charge in [0.05, 0.1) is 12.2 Å². The average Bonchev–Trinajstić information content (AvgIpc) is 2.57. The molecule has 0 aliphatic rings. The Morgan fingerprint density at radius 3 is 2.76 bits per heavy atom. The molecule has 1 heterocycles. The van der Waals surface area contributed by atoms with Gasteiger partial charge in [-0.2, -0.15) is 0 Å². The second-order valence-corrected chi connectivity index (χ2v) is 4.57. The first kappa shape index (κ1) is 12.1. The Hall–Kier alpha value is -1.32. The summed E-state index contributed by atoms with van der Waals surface area (Å²) in [6, 6.07) is 7.86. The van der Waals surface area contributed by atoms with Gasteiger partial charge in [0.15, 0.2) is 0 Å². The number of aromatic nitrogens is 2. The van der Waals surface area contributed by atoms with Crippen molar-refractivity contribution in [3.05, 3.63) is 52.1 Å². The molecule has 4 heteroatoms. The van der Waals surface area contributed by atoms with Crippen LogP contribution in [0.15, 0.2) is 24.3 Å². The third-order valence-electron chi connectivity index (χ3n) is 3.02. The highest BCUT2D eigenvalue weighted by molar-refractivity contribution is 6.30. The zero-order valence-corrected chi connectivity index (χ0v) is 10.8. The first-order chi connectivity index (χ1) is 8.11. The van der Waals surface area contributed by atoms with Crippen LogP contribution in [0.25, 0.3) is 0 Å². The average molecular weight is 250 g/mol. The van der Waals surface area contributed by atoms with Gasteiger partial charge in [-0.15, -0.1) is 0 Å². The van der Waals surface area contributed by atoms with Gasteiger partial charge in [-0.05, 0) is 24.6 Å². The Bertz CT molecular complexity index is 531. The molecule has 0 spiro atoms. The summed E-state index contributed by atoms with van der Waals surface area (Å²) < 4.78 is 2.04. The number of halogens is 1. The largest absolute Gasteiger partial charge is 0.334 e. The zero-order valence-electron chi connectivity index (χ0n) is 10.1. The van der Waals surface area contributed by atoms with Crippen LogP contribution in [0.3, 0.4) is 0 Å². The van der Waals surface area contributed by atoms with Crippen molar-refractivity contribution in [2.75, 3.05) is 0 Å². The van der Waals surface area contributed by atoms with E-state index in [1.54, 1.807) is 0 Å². The summed E-state index contributed by atoms with van der Waals surface area (Å²) in [6.45, 7) is 2.53. The van der Waals surface area contributed by atoms with Gasteiger partial charge in [0.25, 0.3) is 0 Å². The van der Waals surface area contributed by atoms with E-state index in [2.05, 4.69) is 18.0 Å². The molecule has 0 bridgehead atoms. The predicted octanol–water partition coefficient (Wildman–Crippen LogP) is 2.43. The molecule has 0 unspecified atom stereocenters. The Labute approximate surface area is 106 Å². The maximum atomic E-state index is 5.97.